The molecule has 1 aromatic rings. The summed E-state index contributed by atoms with van der Waals surface area (Å²) in [6.45, 7) is 4.41. The molecule has 0 radical (unpaired) electrons. The molecule has 2 saturated heterocycles. The molecule has 5 heteroatoms. The van der Waals surface area contributed by atoms with E-state index in [9.17, 15) is 0 Å². The Hall–Kier alpha value is -1.36. The molecule has 1 unspecified atom stereocenters. The molecule has 5 nitrogen and oxygen atoms in total. The van der Waals surface area contributed by atoms with Crippen molar-refractivity contribution in [2.45, 2.75) is 63.8 Å². The van der Waals surface area contributed by atoms with E-state index in [-0.39, 0.29) is 0 Å². The van der Waals surface area contributed by atoms with Crippen molar-refractivity contribution >= 4 is 11.8 Å². The highest BCUT2D eigenvalue weighted by Gasteiger charge is 2.24. The van der Waals surface area contributed by atoms with Crippen molar-refractivity contribution in [3.05, 3.63) is 11.3 Å². The van der Waals surface area contributed by atoms with Crippen molar-refractivity contribution in [2.75, 3.05) is 36.4 Å². The highest BCUT2D eigenvalue weighted by atomic mass is 15.2. The number of nitrogens with zero attached hydrogens (tertiary/aromatic N) is 3. The molecule has 0 aromatic carbocycles. The molecule has 1 aliphatic carbocycles. The van der Waals surface area contributed by atoms with Gasteiger partial charge in [0, 0.05) is 31.2 Å². The maximum absolute atomic E-state index is 4.95. The Bertz CT molecular complexity index is 530. The summed E-state index contributed by atoms with van der Waals surface area (Å²) in [6.07, 6.45) is 11.4. The van der Waals surface area contributed by atoms with E-state index in [0.29, 0.717) is 6.04 Å². The van der Waals surface area contributed by atoms with Crippen LogP contribution in [0.4, 0.5) is 11.8 Å². The van der Waals surface area contributed by atoms with Gasteiger partial charge in [0.25, 0.3) is 0 Å². The van der Waals surface area contributed by atoms with Gasteiger partial charge in [-0.15, -0.1) is 0 Å². The molecule has 2 fully saturated rings. The van der Waals surface area contributed by atoms with Crippen LogP contribution in [0.5, 0.6) is 0 Å². The minimum atomic E-state index is 0.577. The zero-order valence-corrected chi connectivity index (χ0v) is 14.1. The molecule has 2 N–H and O–H groups in total. The van der Waals surface area contributed by atoms with Crippen molar-refractivity contribution in [2.24, 2.45) is 0 Å². The standard InChI is InChI=1S/C18H29N5/c1-2-4-12-23(11-3-1)17-15-8-5-9-16(15)21-18(22-17)20-13-14-7-6-10-19-14/h14,19H,1-13H2,(H,20,21,22). The molecule has 126 valence electrons. The number of hydrogen-bond donors (Lipinski definition) is 2. The lowest BCUT2D eigenvalue weighted by molar-refractivity contribution is 0.630. The summed E-state index contributed by atoms with van der Waals surface area (Å²) in [5, 5.41) is 7.04. The van der Waals surface area contributed by atoms with E-state index in [4.69, 9.17) is 9.97 Å². The first-order chi connectivity index (χ1) is 11.4. The van der Waals surface area contributed by atoms with Gasteiger partial charge in [-0.2, -0.15) is 4.98 Å². The Morgan fingerprint density at radius 1 is 1.00 bits per heavy atom. The Balaban J connectivity index is 1.54. The maximum Gasteiger partial charge on any atom is 0.224 e. The molecule has 1 atom stereocenters. The Labute approximate surface area is 139 Å². The molecule has 2 aliphatic heterocycles. The predicted octanol–water partition coefficient (Wildman–Crippen LogP) is 2.51. The lowest BCUT2D eigenvalue weighted by Gasteiger charge is -2.24. The van der Waals surface area contributed by atoms with E-state index in [1.807, 2.05) is 0 Å². The average Bonchev–Trinajstić information content (AvgIpc) is 3.18. The van der Waals surface area contributed by atoms with Crippen LogP contribution in [-0.2, 0) is 12.8 Å². The van der Waals surface area contributed by atoms with Gasteiger partial charge in [-0.05, 0) is 51.5 Å². The summed E-state index contributed by atoms with van der Waals surface area (Å²) < 4.78 is 0. The smallest absolute Gasteiger partial charge is 0.224 e. The van der Waals surface area contributed by atoms with Crippen LogP contribution in [0, 0.1) is 0 Å². The lowest BCUT2D eigenvalue weighted by atomic mass is 10.2. The largest absolute Gasteiger partial charge is 0.356 e. The second-order valence-electron chi connectivity index (χ2n) is 7.23. The molecule has 3 heterocycles. The minimum Gasteiger partial charge on any atom is -0.356 e. The fourth-order valence-corrected chi connectivity index (χ4v) is 4.18. The van der Waals surface area contributed by atoms with Gasteiger partial charge >= 0.3 is 0 Å². The van der Waals surface area contributed by atoms with Crippen LogP contribution in [0.15, 0.2) is 0 Å². The first-order valence-corrected chi connectivity index (χ1v) is 9.52. The predicted molar refractivity (Wildman–Crippen MR) is 94.3 cm³/mol. The van der Waals surface area contributed by atoms with Crippen molar-refractivity contribution in [3.8, 4) is 0 Å². The normalized spacial score (nSPS) is 24.5. The highest BCUT2D eigenvalue weighted by Crippen LogP contribution is 2.31. The third-order valence-electron chi connectivity index (χ3n) is 5.49. The second-order valence-corrected chi connectivity index (χ2v) is 7.23. The van der Waals surface area contributed by atoms with Crippen LogP contribution >= 0.6 is 0 Å². The van der Waals surface area contributed by atoms with Gasteiger partial charge in [0.2, 0.25) is 5.95 Å². The summed E-state index contributed by atoms with van der Waals surface area (Å²) in [4.78, 5) is 12.3. The molecule has 0 bridgehead atoms. The maximum atomic E-state index is 4.95. The van der Waals surface area contributed by atoms with Crippen LogP contribution in [0.2, 0.25) is 0 Å². The van der Waals surface area contributed by atoms with Gasteiger partial charge in [-0.25, -0.2) is 4.98 Å². The molecule has 0 spiro atoms. The Morgan fingerprint density at radius 3 is 2.65 bits per heavy atom. The van der Waals surface area contributed by atoms with Gasteiger partial charge in [-0.1, -0.05) is 12.8 Å². The van der Waals surface area contributed by atoms with Crippen molar-refractivity contribution in [1.29, 1.82) is 0 Å². The van der Waals surface area contributed by atoms with E-state index in [1.54, 1.807) is 0 Å². The highest BCUT2D eigenvalue weighted by molar-refractivity contribution is 5.54. The number of nitrogens with one attached hydrogen (secondary N) is 2. The third-order valence-corrected chi connectivity index (χ3v) is 5.49. The molecule has 0 amide bonds. The zero-order chi connectivity index (χ0) is 15.5. The monoisotopic (exact) mass is 315 g/mol. The summed E-state index contributed by atoms with van der Waals surface area (Å²) >= 11 is 0. The fraction of sp³-hybridized carbons (Fsp3) is 0.778. The number of aromatic nitrogens is 2. The van der Waals surface area contributed by atoms with E-state index in [0.717, 1.165) is 45.0 Å². The van der Waals surface area contributed by atoms with Gasteiger partial charge in [0.1, 0.15) is 5.82 Å². The van der Waals surface area contributed by atoms with E-state index >= 15 is 0 Å². The number of anilines is 2. The molecule has 0 saturated carbocycles. The summed E-state index contributed by atoms with van der Waals surface area (Å²) in [7, 11) is 0. The zero-order valence-electron chi connectivity index (χ0n) is 14.1. The van der Waals surface area contributed by atoms with Gasteiger partial charge < -0.3 is 15.5 Å². The second kappa shape index (κ2) is 7.04. The first kappa shape index (κ1) is 15.2. The van der Waals surface area contributed by atoms with E-state index < -0.39 is 0 Å². The summed E-state index contributed by atoms with van der Waals surface area (Å²) in [5.74, 6) is 2.08. The van der Waals surface area contributed by atoms with Crippen LogP contribution in [0.25, 0.3) is 0 Å². The number of rotatable bonds is 4. The minimum absolute atomic E-state index is 0.577. The van der Waals surface area contributed by atoms with Crippen molar-refractivity contribution in [3.63, 3.8) is 0 Å². The van der Waals surface area contributed by atoms with E-state index in [1.165, 1.54) is 62.0 Å². The molecule has 23 heavy (non-hydrogen) atoms. The molecule has 3 aliphatic rings. The quantitative estimate of drug-likeness (QED) is 0.894. The number of fused-ring (bicyclic) bond motifs is 1. The van der Waals surface area contributed by atoms with Crippen molar-refractivity contribution < 1.29 is 0 Å². The Morgan fingerprint density at radius 2 is 1.87 bits per heavy atom. The summed E-state index contributed by atoms with van der Waals surface area (Å²) in [6, 6.07) is 0.577. The van der Waals surface area contributed by atoms with Gasteiger partial charge in [-0.3, -0.25) is 0 Å². The SMILES string of the molecule is C1CCCN(c2nc(NCC3CCCN3)nc3c2CCC3)CC1. The molecule has 1 aromatic heterocycles. The van der Waals surface area contributed by atoms with Crippen LogP contribution < -0.4 is 15.5 Å². The number of aryl methyl sites for hydroxylation is 1. The molecule has 4 rings (SSSR count). The average molecular weight is 315 g/mol. The topological polar surface area (TPSA) is 53.1 Å². The third kappa shape index (κ3) is 3.44. The Kier molecular flexibility index (Phi) is 4.64. The van der Waals surface area contributed by atoms with Crippen LogP contribution in [0.1, 0.15) is 56.2 Å². The fourth-order valence-electron chi connectivity index (χ4n) is 4.18. The van der Waals surface area contributed by atoms with Gasteiger partial charge in [0.15, 0.2) is 0 Å². The van der Waals surface area contributed by atoms with Crippen LogP contribution in [-0.4, -0.2) is 42.2 Å². The van der Waals surface area contributed by atoms with Crippen molar-refractivity contribution in [1.82, 2.24) is 15.3 Å². The first-order valence-electron chi connectivity index (χ1n) is 9.52. The number of hydrogen-bond acceptors (Lipinski definition) is 5. The molecular weight excluding hydrogens is 286 g/mol. The van der Waals surface area contributed by atoms with Crippen LogP contribution in [0.3, 0.4) is 0 Å². The summed E-state index contributed by atoms with van der Waals surface area (Å²) in [5.41, 5.74) is 2.72. The molecular formula is C18H29N5. The van der Waals surface area contributed by atoms with Gasteiger partial charge in [0.05, 0.1) is 5.69 Å². The lowest BCUT2D eigenvalue weighted by Crippen LogP contribution is -2.31. The van der Waals surface area contributed by atoms with E-state index in [2.05, 4.69) is 15.5 Å².